The Labute approximate surface area is 149 Å². The molecule has 0 saturated carbocycles. The van der Waals surface area contributed by atoms with Crippen LogP contribution in [0.5, 0.6) is 0 Å². The van der Waals surface area contributed by atoms with Gasteiger partial charge in [0.05, 0.1) is 0 Å². The Kier molecular flexibility index (Phi) is 69.0. The van der Waals surface area contributed by atoms with Gasteiger partial charge < -0.3 is 27.0 Å². The van der Waals surface area contributed by atoms with Crippen molar-refractivity contribution in [2.75, 3.05) is 0 Å². The van der Waals surface area contributed by atoms with Gasteiger partial charge in [-0.05, 0) is 0 Å². The van der Waals surface area contributed by atoms with E-state index >= 15 is 0 Å². The zero-order valence-corrected chi connectivity index (χ0v) is 4.51. The Morgan fingerprint density at radius 3 is 0.800 bits per heavy atom. The van der Waals surface area contributed by atoms with Crippen LogP contribution in [0.4, 0.5) is 0 Å². The maximum absolute atomic E-state index is 8.88. The summed E-state index contributed by atoms with van der Waals surface area (Å²) in [5, 5.41) is 0. The summed E-state index contributed by atoms with van der Waals surface area (Å²) in [6.07, 6.45) is 0. The summed E-state index contributed by atoms with van der Waals surface area (Å²) in [5.41, 5.74) is 0. The van der Waals surface area contributed by atoms with E-state index in [1.165, 1.54) is 0 Å². The molecule has 0 unspecified atom stereocenters. The SMILES string of the molecule is N.N.O=P(O)(O)O.[CaH2].[CaH2].[CaH2]. The van der Waals surface area contributed by atoms with Gasteiger partial charge in [0.1, 0.15) is 0 Å². The van der Waals surface area contributed by atoms with Crippen LogP contribution in [-0.2, 0) is 4.57 Å². The summed E-state index contributed by atoms with van der Waals surface area (Å²) >= 11 is 0. The molecule has 0 fully saturated rings. The van der Waals surface area contributed by atoms with E-state index in [9.17, 15) is 0 Å². The second kappa shape index (κ2) is 18.6. The molecular weight excluding hydrogens is 243 g/mol. The third kappa shape index (κ3) is 95.1. The first-order valence-corrected chi connectivity index (χ1v) is 2.35. The molecule has 60 valence electrons. The fraction of sp³-hybridized carbons (Fsp3) is 0. The predicted molar refractivity (Wildman–Crippen MR) is 49.9 cm³/mol. The second-order valence-electron chi connectivity index (χ2n) is 0.513. The first-order valence-electron chi connectivity index (χ1n) is 0.783. The van der Waals surface area contributed by atoms with Gasteiger partial charge in [0.15, 0.2) is 0 Å². The van der Waals surface area contributed by atoms with Crippen LogP contribution in [0.25, 0.3) is 0 Å². The van der Waals surface area contributed by atoms with Gasteiger partial charge in [-0.1, -0.05) is 0 Å². The van der Waals surface area contributed by atoms with Crippen molar-refractivity contribution in [1.82, 2.24) is 12.3 Å². The fourth-order valence-corrected chi connectivity index (χ4v) is 0. The molecule has 0 aromatic rings. The minimum absolute atomic E-state index is 0. The van der Waals surface area contributed by atoms with Gasteiger partial charge in [0, 0.05) is 0 Å². The van der Waals surface area contributed by atoms with E-state index in [1.54, 1.807) is 0 Å². The molecule has 0 aromatic heterocycles. The van der Waals surface area contributed by atoms with Crippen LogP contribution in [-0.4, -0.2) is 128 Å². The first kappa shape index (κ1) is 37.2. The average molecular weight is 258 g/mol. The van der Waals surface area contributed by atoms with Crippen LogP contribution >= 0.6 is 7.82 Å². The molecule has 6 nitrogen and oxygen atoms in total. The fourth-order valence-electron chi connectivity index (χ4n) is 0. The number of phosphoric acid groups is 1. The van der Waals surface area contributed by atoms with E-state index in [0.29, 0.717) is 0 Å². The minimum atomic E-state index is -4.64. The summed E-state index contributed by atoms with van der Waals surface area (Å²) in [6.45, 7) is 0. The van der Waals surface area contributed by atoms with Crippen LogP contribution in [0.3, 0.4) is 0 Å². The normalized spacial score (nSPS) is 5.90. The Bertz CT molecular complexity index is 64.6. The van der Waals surface area contributed by atoms with Crippen LogP contribution in [0.15, 0.2) is 0 Å². The summed E-state index contributed by atoms with van der Waals surface area (Å²) in [7, 11) is -4.64. The van der Waals surface area contributed by atoms with Crippen LogP contribution < -0.4 is 12.3 Å². The van der Waals surface area contributed by atoms with Gasteiger partial charge in [0.25, 0.3) is 0 Å². The Balaban J connectivity index is -0.00000000800. The van der Waals surface area contributed by atoms with E-state index in [2.05, 4.69) is 0 Å². The van der Waals surface area contributed by atoms with Gasteiger partial charge in [-0.2, -0.15) is 0 Å². The Hall–Kier alpha value is 3.81. The molecule has 0 aliphatic carbocycles. The van der Waals surface area contributed by atoms with Crippen molar-refractivity contribution >= 4 is 121 Å². The molecule has 0 amide bonds. The maximum atomic E-state index is 8.88. The van der Waals surface area contributed by atoms with E-state index in [1.807, 2.05) is 0 Å². The van der Waals surface area contributed by atoms with E-state index in [4.69, 9.17) is 19.2 Å². The third-order valence-electron chi connectivity index (χ3n) is 0. The molecular formula is H15Ca3N2O4P. The van der Waals surface area contributed by atoms with E-state index in [-0.39, 0.29) is 126 Å². The standard InChI is InChI=1S/3Ca.2H3N.H3O4P.6H/c;;;;;1-5(2,3)4;;;;;;/h;;;2*1H3;(H3,1,2,3,4);;;;;;. The van der Waals surface area contributed by atoms with Crippen molar-refractivity contribution in [1.29, 1.82) is 0 Å². The molecule has 0 bridgehead atoms. The predicted octanol–water partition coefficient (Wildman–Crippen LogP) is -3.35. The molecule has 0 spiro atoms. The van der Waals surface area contributed by atoms with Crippen molar-refractivity contribution < 1.29 is 19.2 Å². The molecule has 0 saturated heterocycles. The molecule has 10 heavy (non-hydrogen) atoms. The number of hydrogen-bond donors (Lipinski definition) is 5. The van der Waals surface area contributed by atoms with Crippen molar-refractivity contribution in [2.45, 2.75) is 0 Å². The number of hydrogen-bond acceptors (Lipinski definition) is 3. The molecule has 0 heterocycles. The zero-order valence-electron chi connectivity index (χ0n) is 3.61. The second-order valence-corrected chi connectivity index (χ2v) is 1.54. The Morgan fingerprint density at radius 2 is 0.800 bits per heavy atom. The first-order chi connectivity index (χ1) is 2.00. The van der Waals surface area contributed by atoms with Gasteiger partial charge in [-0.15, -0.1) is 0 Å². The van der Waals surface area contributed by atoms with E-state index in [0.717, 1.165) is 0 Å². The van der Waals surface area contributed by atoms with Crippen molar-refractivity contribution in [3.63, 3.8) is 0 Å². The molecule has 0 atom stereocenters. The molecule has 9 N–H and O–H groups in total. The van der Waals surface area contributed by atoms with Crippen LogP contribution in [0.2, 0.25) is 0 Å². The molecule has 10 heteroatoms. The Morgan fingerprint density at radius 1 is 0.800 bits per heavy atom. The summed E-state index contributed by atoms with van der Waals surface area (Å²) in [4.78, 5) is 21.6. The summed E-state index contributed by atoms with van der Waals surface area (Å²) in [5.74, 6) is 0. The molecule has 0 rings (SSSR count). The van der Waals surface area contributed by atoms with Gasteiger partial charge >= 0.3 is 121 Å². The van der Waals surface area contributed by atoms with Gasteiger partial charge in [-0.25, -0.2) is 4.57 Å². The molecule has 0 aromatic carbocycles. The van der Waals surface area contributed by atoms with Gasteiger partial charge in [-0.3, -0.25) is 0 Å². The van der Waals surface area contributed by atoms with Crippen LogP contribution in [0, 0.1) is 0 Å². The monoisotopic (exact) mass is 258 g/mol. The number of rotatable bonds is 0. The van der Waals surface area contributed by atoms with E-state index < -0.39 is 7.82 Å². The average Bonchev–Trinajstić information content (AvgIpc) is 0.722. The third-order valence-corrected chi connectivity index (χ3v) is 0. The molecule has 0 aliphatic heterocycles. The quantitative estimate of drug-likeness (QED) is 0.226. The molecule has 0 radical (unpaired) electrons. The van der Waals surface area contributed by atoms with Gasteiger partial charge in [0.2, 0.25) is 0 Å². The summed E-state index contributed by atoms with van der Waals surface area (Å²) < 4.78 is 8.88. The van der Waals surface area contributed by atoms with Crippen molar-refractivity contribution in [3.8, 4) is 0 Å². The molecule has 0 aliphatic rings. The van der Waals surface area contributed by atoms with Crippen LogP contribution in [0.1, 0.15) is 0 Å². The topological polar surface area (TPSA) is 148 Å². The summed E-state index contributed by atoms with van der Waals surface area (Å²) in [6, 6.07) is 0. The van der Waals surface area contributed by atoms with Crippen molar-refractivity contribution in [3.05, 3.63) is 0 Å². The zero-order chi connectivity index (χ0) is 4.50. The van der Waals surface area contributed by atoms with Crippen molar-refractivity contribution in [2.24, 2.45) is 0 Å².